The lowest BCUT2D eigenvalue weighted by molar-refractivity contribution is -0.142. The van der Waals surface area contributed by atoms with Crippen molar-refractivity contribution >= 4 is 40.7 Å². The van der Waals surface area contributed by atoms with Gasteiger partial charge in [0.05, 0.1) is 22.0 Å². The van der Waals surface area contributed by atoms with Crippen LogP contribution < -0.4 is 5.32 Å². The molecule has 4 rings (SSSR count). The molecular weight excluding hydrogens is 514 g/mol. The molecule has 0 amide bonds. The average Bonchev–Trinajstić information content (AvgIpc) is 3.33. The quantitative estimate of drug-likeness (QED) is 0.483. The Kier molecular flexibility index (Phi) is 6.64. The standard InChI is InChI=1S/C22H18ClF4N3O4S/c1-9-11(2-3-12(25)17(9)23)18-16(21(33)34)13(28-19(29-18)15-4-10(24)7-35-15)6-30-8-22(26,27)5-14(30)20(31)32/h2-4,7,14,18H,5-6,8H2,1H3,(H,28,29)(H,31,32)(H,33,34)/t14-,18+/m0/s1. The predicted molar refractivity (Wildman–Crippen MR) is 120 cm³/mol. The van der Waals surface area contributed by atoms with Crippen molar-refractivity contribution in [1.29, 1.82) is 0 Å². The van der Waals surface area contributed by atoms with Gasteiger partial charge in [0.2, 0.25) is 0 Å². The molecule has 0 unspecified atom stereocenters. The highest BCUT2D eigenvalue weighted by molar-refractivity contribution is 7.12. The third-order valence-electron chi connectivity index (χ3n) is 5.85. The summed E-state index contributed by atoms with van der Waals surface area (Å²) in [7, 11) is 0. The Morgan fingerprint density at radius 2 is 2.03 bits per heavy atom. The lowest BCUT2D eigenvalue weighted by Crippen LogP contribution is -2.43. The number of carbonyl (C=O) groups is 2. The van der Waals surface area contributed by atoms with E-state index in [0.29, 0.717) is 4.88 Å². The maximum Gasteiger partial charge on any atom is 0.335 e. The van der Waals surface area contributed by atoms with Gasteiger partial charge < -0.3 is 15.5 Å². The number of halogens is 5. The number of rotatable bonds is 6. The van der Waals surface area contributed by atoms with E-state index in [-0.39, 0.29) is 33.3 Å². The monoisotopic (exact) mass is 531 g/mol. The summed E-state index contributed by atoms with van der Waals surface area (Å²) in [6.07, 6.45) is -0.925. The SMILES string of the molecule is Cc1c([C@H]2N=C(c3cc(F)cs3)NC(CN3CC(F)(F)C[C@H]3C(=O)O)=C2C(=O)O)ccc(F)c1Cl. The zero-order chi connectivity index (χ0) is 25.7. The third kappa shape index (κ3) is 4.91. The molecule has 0 spiro atoms. The first-order chi connectivity index (χ1) is 16.4. The first-order valence-electron chi connectivity index (χ1n) is 10.2. The second-order valence-electron chi connectivity index (χ2n) is 8.23. The molecule has 7 nitrogen and oxygen atoms in total. The molecule has 3 heterocycles. The lowest BCUT2D eigenvalue weighted by Gasteiger charge is -2.30. The molecular formula is C22H18ClF4N3O4S. The molecule has 186 valence electrons. The maximum atomic E-state index is 14.1. The van der Waals surface area contributed by atoms with Crippen LogP contribution in [0.2, 0.25) is 5.02 Å². The van der Waals surface area contributed by atoms with E-state index in [1.54, 1.807) is 0 Å². The second-order valence-corrected chi connectivity index (χ2v) is 9.52. The highest BCUT2D eigenvalue weighted by Crippen LogP contribution is 2.38. The molecule has 0 aliphatic carbocycles. The summed E-state index contributed by atoms with van der Waals surface area (Å²) in [6, 6.07) is 0.719. The Bertz CT molecular complexity index is 1280. The van der Waals surface area contributed by atoms with Crippen molar-refractivity contribution in [2.75, 3.05) is 13.1 Å². The van der Waals surface area contributed by atoms with Gasteiger partial charge in [-0.2, -0.15) is 0 Å². The van der Waals surface area contributed by atoms with Crippen molar-refractivity contribution in [3.63, 3.8) is 0 Å². The van der Waals surface area contributed by atoms with E-state index in [9.17, 15) is 37.4 Å². The summed E-state index contributed by atoms with van der Waals surface area (Å²) in [5, 5.41) is 23.2. The molecule has 0 saturated carbocycles. The minimum Gasteiger partial charge on any atom is -0.480 e. The van der Waals surface area contributed by atoms with Gasteiger partial charge in [0, 0.05) is 24.0 Å². The topological polar surface area (TPSA) is 102 Å². The van der Waals surface area contributed by atoms with Gasteiger partial charge in [-0.15, -0.1) is 11.3 Å². The van der Waals surface area contributed by atoms with E-state index in [2.05, 4.69) is 10.3 Å². The Morgan fingerprint density at radius 1 is 1.31 bits per heavy atom. The summed E-state index contributed by atoms with van der Waals surface area (Å²) in [6.45, 7) is 0.100. The van der Waals surface area contributed by atoms with Crippen molar-refractivity contribution in [1.82, 2.24) is 10.2 Å². The number of hydrogen-bond acceptors (Lipinski definition) is 6. The van der Waals surface area contributed by atoms with Gasteiger partial charge in [-0.25, -0.2) is 22.4 Å². The molecule has 1 aromatic carbocycles. The summed E-state index contributed by atoms with van der Waals surface area (Å²) in [5.74, 6) is -7.43. The number of benzene rings is 1. The van der Waals surface area contributed by atoms with Gasteiger partial charge in [-0.1, -0.05) is 17.7 Å². The number of amidine groups is 1. The van der Waals surface area contributed by atoms with Crippen molar-refractivity contribution < 1.29 is 37.4 Å². The number of aliphatic carboxylic acids is 2. The minimum absolute atomic E-state index is 0.0570. The molecule has 13 heteroatoms. The smallest absolute Gasteiger partial charge is 0.335 e. The maximum absolute atomic E-state index is 14.1. The number of likely N-dealkylation sites (tertiary alicyclic amines) is 1. The first-order valence-corrected chi connectivity index (χ1v) is 11.5. The highest BCUT2D eigenvalue weighted by Gasteiger charge is 2.49. The zero-order valence-electron chi connectivity index (χ0n) is 18.0. The molecule has 1 fully saturated rings. The largest absolute Gasteiger partial charge is 0.480 e. The fraction of sp³-hybridized carbons (Fsp3) is 0.318. The summed E-state index contributed by atoms with van der Waals surface area (Å²) in [5.41, 5.74) is 0.0122. The van der Waals surface area contributed by atoms with Gasteiger partial charge in [-0.3, -0.25) is 14.7 Å². The molecule has 1 saturated heterocycles. The first kappa shape index (κ1) is 25.1. The second kappa shape index (κ2) is 9.25. The molecule has 3 N–H and O–H groups in total. The summed E-state index contributed by atoms with van der Waals surface area (Å²) in [4.78, 5) is 29.6. The molecule has 0 bridgehead atoms. The van der Waals surface area contributed by atoms with Crippen LogP contribution in [0.15, 0.2) is 39.8 Å². The van der Waals surface area contributed by atoms with Crippen molar-refractivity contribution in [2.24, 2.45) is 4.99 Å². The minimum atomic E-state index is -3.28. The van der Waals surface area contributed by atoms with E-state index >= 15 is 0 Å². The third-order valence-corrected chi connectivity index (χ3v) is 7.22. The molecule has 2 atom stereocenters. The number of carboxylic acid groups (broad SMARTS) is 2. The molecule has 1 aromatic heterocycles. The fourth-order valence-corrected chi connectivity index (χ4v) is 5.09. The Balaban J connectivity index is 1.85. The number of alkyl halides is 2. The Morgan fingerprint density at radius 3 is 2.63 bits per heavy atom. The fourth-order valence-electron chi connectivity index (χ4n) is 4.22. The van der Waals surface area contributed by atoms with Crippen LogP contribution in [-0.2, 0) is 9.59 Å². The number of aliphatic imine (C=N–C) groups is 1. The number of thiophene rings is 1. The molecule has 2 aromatic rings. The van der Waals surface area contributed by atoms with E-state index in [0.717, 1.165) is 28.4 Å². The van der Waals surface area contributed by atoms with Gasteiger partial charge in [-0.05, 0) is 30.2 Å². The lowest BCUT2D eigenvalue weighted by atomic mass is 9.92. The van der Waals surface area contributed by atoms with Crippen LogP contribution >= 0.6 is 22.9 Å². The summed E-state index contributed by atoms with van der Waals surface area (Å²) < 4.78 is 55.8. The van der Waals surface area contributed by atoms with Crippen LogP contribution in [-0.4, -0.2) is 57.9 Å². The molecule has 0 radical (unpaired) electrons. The van der Waals surface area contributed by atoms with Gasteiger partial charge in [0.15, 0.2) is 0 Å². The van der Waals surface area contributed by atoms with Crippen LogP contribution in [0.1, 0.15) is 28.5 Å². The zero-order valence-corrected chi connectivity index (χ0v) is 19.6. The van der Waals surface area contributed by atoms with Crippen molar-refractivity contribution in [3.8, 4) is 0 Å². The van der Waals surface area contributed by atoms with E-state index in [1.165, 1.54) is 18.4 Å². The van der Waals surface area contributed by atoms with E-state index in [1.807, 2.05) is 0 Å². The average molecular weight is 532 g/mol. The highest BCUT2D eigenvalue weighted by atomic mass is 35.5. The number of carboxylic acids is 2. The molecule has 2 aliphatic heterocycles. The van der Waals surface area contributed by atoms with Gasteiger partial charge >= 0.3 is 11.9 Å². The summed E-state index contributed by atoms with van der Waals surface area (Å²) >= 11 is 7.01. The van der Waals surface area contributed by atoms with Crippen LogP contribution in [0.5, 0.6) is 0 Å². The Hall–Kier alpha value is -2.96. The number of nitrogens with one attached hydrogen (secondary N) is 1. The van der Waals surface area contributed by atoms with E-state index < -0.39 is 61.1 Å². The molecule has 2 aliphatic rings. The van der Waals surface area contributed by atoms with Crippen LogP contribution in [0.3, 0.4) is 0 Å². The normalized spacial score (nSPS) is 22.2. The van der Waals surface area contributed by atoms with Crippen LogP contribution in [0.25, 0.3) is 0 Å². The Labute approximate surface area is 205 Å². The number of nitrogens with zero attached hydrogens (tertiary/aromatic N) is 2. The van der Waals surface area contributed by atoms with Gasteiger partial charge in [0.1, 0.15) is 29.6 Å². The van der Waals surface area contributed by atoms with E-state index in [4.69, 9.17) is 11.6 Å². The van der Waals surface area contributed by atoms with Crippen molar-refractivity contribution in [3.05, 3.63) is 67.5 Å². The van der Waals surface area contributed by atoms with Gasteiger partial charge in [0.25, 0.3) is 5.92 Å². The van der Waals surface area contributed by atoms with Crippen LogP contribution in [0, 0.1) is 18.6 Å². The van der Waals surface area contributed by atoms with Crippen LogP contribution in [0.4, 0.5) is 17.6 Å². The van der Waals surface area contributed by atoms with Crippen molar-refractivity contribution in [2.45, 2.75) is 31.4 Å². The number of hydrogen-bond donors (Lipinski definition) is 3. The predicted octanol–water partition coefficient (Wildman–Crippen LogP) is 4.21. The molecule has 35 heavy (non-hydrogen) atoms.